The first-order valence-corrected chi connectivity index (χ1v) is 6.90. The van der Waals surface area contributed by atoms with Crippen molar-refractivity contribution in [3.05, 3.63) is 0 Å². The minimum absolute atomic E-state index is 0.421. The van der Waals surface area contributed by atoms with Crippen LogP contribution in [0, 0.1) is 17.8 Å². The molecule has 0 spiro atoms. The molecule has 0 aromatic heterocycles. The van der Waals surface area contributed by atoms with Gasteiger partial charge in [-0.15, -0.1) is 0 Å². The van der Waals surface area contributed by atoms with E-state index in [0.29, 0.717) is 12.0 Å². The second kappa shape index (κ2) is 6.52. The molecule has 1 nitrogen and oxygen atoms in total. The van der Waals surface area contributed by atoms with Crippen LogP contribution in [0.5, 0.6) is 0 Å². The van der Waals surface area contributed by atoms with Gasteiger partial charge in [0.05, 0.1) is 0 Å². The highest BCUT2D eigenvalue weighted by Gasteiger charge is 2.24. The molecule has 90 valence electrons. The number of hydrogen-bond donors (Lipinski definition) is 1. The molecule has 0 aliphatic heterocycles. The summed E-state index contributed by atoms with van der Waals surface area (Å²) in [6.07, 6.45) is 9.84. The fraction of sp³-hybridized carbons (Fsp3) is 1.00. The monoisotopic (exact) mass is 211 g/mol. The molecule has 3 unspecified atom stereocenters. The first-order chi connectivity index (χ1) is 7.15. The molecule has 3 atom stereocenters. The van der Waals surface area contributed by atoms with Crippen molar-refractivity contribution in [2.24, 2.45) is 23.5 Å². The van der Waals surface area contributed by atoms with Crippen molar-refractivity contribution in [3.63, 3.8) is 0 Å². The molecule has 1 aliphatic carbocycles. The van der Waals surface area contributed by atoms with E-state index in [0.717, 1.165) is 11.8 Å². The normalized spacial score (nSPS) is 29.4. The number of hydrogen-bond acceptors (Lipinski definition) is 1. The van der Waals surface area contributed by atoms with Crippen LogP contribution in [0.2, 0.25) is 0 Å². The summed E-state index contributed by atoms with van der Waals surface area (Å²) in [6.45, 7) is 6.83. The van der Waals surface area contributed by atoms with E-state index in [1.54, 1.807) is 0 Å². The zero-order valence-corrected chi connectivity index (χ0v) is 10.8. The lowest BCUT2D eigenvalue weighted by molar-refractivity contribution is 0.206. The van der Waals surface area contributed by atoms with E-state index in [9.17, 15) is 0 Å². The standard InChI is InChI=1S/C14H29N/c1-4-12-7-5-6-8-13(12)9-10-14(15)11(2)3/h11-14H,4-10,15H2,1-3H3. The number of nitrogens with two attached hydrogens (primary N) is 1. The third-order valence-electron chi connectivity index (χ3n) is 4.32. The first-order valence-electron chi connectivity index (χ1n) is 6.90. The van der Waals surface area contributed by atoms with Crippen LogP contribution in [0.4, 0.5) is 0 Å². The smallest absolute Gasteiger partial charge is 0.00619 e. The summed E-state index contributed by atoms with van der Waals surface area (Å²) in [5.41, 5.74) is 6.12. The van der Waals surface area contributed by atoms with E-state index in [4.69, 9.17) is 5.73 Å². The molecule has 0 amide bonds. The van der Waals surface area contributed by atoms with E-state index in [2.05, 4.69) is 20.8 Å². The summed E-state index contributed by atoms with van der Waals surface area (Å²) >= 11 is 0. The van der Waals surface area contributed by atoms with Crippen LogP contribution in [0.1, 0.15) is 65.7 Å². The van der Waals surface area contributed by atoms with Crippen LogP contribution in [-0.2, 0) is 0 Å². The fourth-order valence-electron chi connectivity index (χ4n) is 2.94. The molecule has 0 aromatic carbocycles. The SMILES string of the molecule is CCC1CCCCC1CCC(N)C(C)C. The van der Waals surface area contributed by atoms with Gasteiger partial charge in [0, 0.05) is 6.04 Å². The summed E-state index contributed by atoms with van der Waals surface area (Å²) in [7, 11) is 0. The van der Waals surface area contributed by atoms with Gasteiger partial charge in [-0.05, 0) is 30.6 Å². The predicted octanol–water partition coefficient (Wildman–Crippen LogP) is 3.97. The molecule has 0 saturated heterocycles. The second-order valence-corrected chi connectivity index (χ2v) is 5.70. The maximum Gasteiger partial charge on any atom is 0.00619 e. The van der Waals surface area contributed by atoms with Gasteiger partial charge in [0.2, 0.25) is 0 Å². The molecule has 0 bridgehead atoms. The number of rotatable bonds is 5. The molecule has 1 fully saturated rings. The van der Waals surface area contributed by atoms with Crippen LogP contribution in [0.25, 0.3) is 0 Å². The van der Waals surface area contributed by atoms with E-state index in [1.807, 2.05) is 0 Å². The molecule has 1 aliphatic rings. The summed E-state index contributed by atoms with van der Waals surface area (Å²) in [5.74, 6) is 2.63. The van der Waals surface area contributed by atoms with Gasteiger partial charge in [0.25, 0.3) is 0 Å². The Bertz CT molecular complexity index is 165. The van der Waals surface area contributed by atoms with Crippen molar-refractivity contribution in [1.29, 1.82) is 0 Å². The van der Waals surface area contributed by atoms with E-state index in [1.165, 1.54) is 44.9 Å². The van der Waals surface area contributed by atoms with Crippen molar-refractivity contribution in [1.82, 2.24) is 0 Å². The van der Waals surface area contributed by atoms with Gasteiger partial charge < -0.3 is 5.73 Å². The Morgan fingerprint density at radius 2 is 1.73 bits per heavy atom. The molecule has 1 saturated carbocycles. The van der Waals surface area contributed by atoms with Crippen molar-refractivity contribution in [2.75, 3.05) is 0 Å². The average Bonchev–Trinajstić information content (AvgIpc) is 2.26. The van der Waals surface area contributed by atoms with Crippen molar-refractivity contribution in [3.8, 4) is 0 Å². The lowest BCUT2D eigenvalue weighted by Gasteiger charge is -2.32. The summed E-state index contributed by atoms with van der Waals surface area (Å²) < 4.78 is 0. The van der Waals surface area contributed by atoms with Crippen molar-refractivity contribution in [2.45, 2.75) is 71.8 Å². The maximum absolute atomic E-state index is 6.12. The molecule has 15 heavy (non-hydrogen) atoms. The highest BCUT2D eigenvalue weighted by atomic mass is 14.6. The minimum Gasteiger partial charge on any atom is -0.327 e. The molecule has 0 heterocycles. The summed E-state index contributed by atoms with van der Waals surface area (Å²) in [6, 6.07) is 0.421. The fourth-order valence-corrected chi connectivity index (χ4v) is 2.94. The van der Waals surface area contributed by atoms with Crippen molar-refractivity contribution < 1.29 is 0 Å². The Labute approximate surface area is 95.8 Å². The largest absolute Gasteiger partial charge is 0.327 e. The van der Waals surface area contributed by atoms with E-state index in [-0.39, 0.29) is 0 Å². The van der Waals surface area contributed by atoms with Crippen LogP contribution >= 0.6 is 0 Å². The van der Waals surface area contributed by atoms with Crippen molar-refractivity contribution >= 4 is 0 Å². The Hall–Kier alpha value is -0.0400. The molecular weight excluding hydrogens is 182 g/mol. The highest BCUT2D eigenvalue weighted by molar-refractivity contribution is 4.77. The minimum atomic E-state index is 0.421. The Morgan fingerprint density at radius 1 is 1.13 bits per heavy atom. The predicted molar refractivity (Wildman–Crippen MR) is 67.8 cm³/mol. The molecular formula is C14H29N. The van der Waals surface area contributed by atoms with E-state index < -0.39 is 0 Å². The van der Waals surface area contributed by atoms with Gasteiger partial charge in [-0.2, -0.15) is 0 Å². The summed E-state index contributed by atoms with van der Waals surface area (Å²) in [4.78, 5) is 0. The Morgan fingerprint density at radius 3 is 2.27 bits per heavy atom. The first kappa shape index (κ1) is 13.0. The van der Waals surface area contributed by atoms with Gasteiger partial charge in [0.15, 0.2) is 0 Å². The molecule has 1 heteroatoms. The quantitative estimate of drug-likeness (QED) is 0.731. The van der Waals surface area contributed by atoms with Gasteiger partial charge >= 0.3 is 0 Å². The molecule has 1 rings (SSSR count). The van der Waals surface area contributed by atoms with Gasteiger partial charge in [-0.25, -0.2) is 0 Å². The molecule has 0 radical (unpaired) electrons. The molecule has 2 N–H and O–H groups in total. The van der Waals surface area contributed by atoms with Crippen LogP contribution in [0.15, 0.2) is 0 Å². The maximum atomic E-state index is 6.12. The zero-order valence-electron chi connectivity index (χ0n) is 10.8. The van der Waals surface area contributed by atoms with Crippen LogP contribution in [0.3, 0.4) is 0 Å². The lowest BCUT2D eigenvalue weighted by Crippen LogP contribution is -2.28. The van der Waals surface area contributed by atoms with E-state index >= 15 is 0 Å². The lowest BCUT2D eigenvalue weighted by atomic mass is 9.75. The molecule has 0 aromatic rings. The van der Waals surface area contributed by atoms with Gasteiger partial charge in [0.1, 0.15) is 0 Å². The van der Waals surface area contributed by atoms with Crippen LogP contribution < -0.4 is 5.73 Å². The summed E-state index contributed by atoms with van der Waals surface area (Å²) in [5, 5.41) is 0. The Kier molecular flexibility index (Phi) is 5.66. The second-order valence-electron chi connectivity index (χ2n) is 5.70. The highest BCUT2D eigenvalue weighted by Crippen LogP contribution is 2.35. The zero-order chi connectivity index (χ0) is 11.3. The van der Waals surface area contributed by atoms with Crippen LogP contribution in [-0.4, -0.2) is 6.04 Å². The van der Waals surface area contributed by atoms with Gasteiger partial charge in [-0.3, -0.25) is 0 Å². The third kappa shape index (κ3) is 4.14. The third-order valence-corrected chi connectivity index (χ3v) is 4.32. The Balaban J connectivity index is 2.29. The average molecular weight is 211 g/mol. The van der Waals surface area contributed by atoms with Gasteiger partial charge in [-0.1, -0.05) is 52.9 Å². The topological polar surface area (TPSA) is 26.0 Å².